The predicted molar refractivity (Wildman–Crippen MR) is 149 cm³/mol. The Morgan fingerprint density at radius 1 is 0.946 bits per heavy atom. The van der Waals surface area contributed by atoms with Crippen LogP contribution in [-0.2, 0) is 4.79 Å². The lowest BCUT2D eigenvalue weighted by Gasteiger charge is -2.33. The first-order chi connectivity index (χ1) is 17.8. The average Bonchev–Trinajstić information content (AvgIpc) is 3.27. The molecule has 0 unspecified atom stereocenters. The highest BCUT2D eigenvalue weighted by molar-refractivity contribution is 6.02. The number of hydrogen-bond acceptors (Lipinski definition) is 6. The van der Waals surface area contributed by atoms with Gasteiger partial charge in [-0.25, -0.2) is 19.7 Å². The van der Waals surface area contributed by atoms with E-state index in [0.717, 1.165) is 34.6 Å². The van der Waals surface area contributed by atoms with Crippen molar-refractivity contribution in [1.29, 1.82) is 0 Å². The van der Waals surface area contributed by atoms with Crippen LogP contribution in [0.4, 0.5) is 5.82 Å². The van der Waals surface area contributed by atoms with E-state index in [1.54, 1.807) is 5.01 Å². The minimum absolute atomic E-state index is 0.0136. The van der Waals surface area contributed by atoms with Gasteiger partial charge in [0.15, 0.2) is 5.65 Å². The van der Waals surface area contributed by atoms with E-state index in [4.69, 9.17) is 10.5 Å². The standard InChI is InChI=1S/C29H36N6O2/c1-6-26(36)34(17-16-33(20(2)3)21(4)5)35-18-25(27-28(30)31-19-32-29(27)35)22-12-14-24(15-13-22)37-23-10-8-7-9-11-23/h7-15,18-21H,6,16-17H2,1-5H3,(H2,30,31,32). The van der Waals surface area contributed by atoms with Crippen molar-refractivity contribution in [3.8, 4) is 22.6 Å². The molecule has 8 heteroatoms. The van der Waals surface area contributed by atoms with Gasteiger partial charge in [-0.15, -0.1) is 0 Å². The van der Waals surface area contributed by atoms with E-state index in [0.29, 0.717) is 36.5 Å². The number of benzene rings is 2. The molecule has 0 saturated carbocycles. The third-order valence-corrected chi connectivity index (χ3v) is 6.49. The molecule has 0 bridgehead atoms. The van der Waals surface area contributed by atoms with E-state index in [9.17, 15) is 4.79 Å². The summed E-state index contributed by atoms with van der Waals surface area (Å²) in [7, 11) is 0. The lowest BCUT2D eigenvalue weighted by molar-refractivity contribution is -0.119. The number of amides is 1. The first-order valence-electron chi connectivity index (χ1n) is 12.8. The molecule has 0 radical (unpaired) electrons. The first kappa shape index (κ1) is 26.2. The molecule has 2 aromatic heterocycles. The number of para-hydroxylation sites is 1. The summed E-state index contributed by atoms with van der Waals surface area (Å²) in [6.45, 7) is 11.8. The third-order valence-electron chi connectivity index (χ3n) is 6.49. The van der Waals surface area contributed by atoms with Gasteiger partial charge >= 0.3 is 0 Å². The van der Waals surface area contributed by atoms with Crippen molar-refractivity contribution in [2.24, 2.45) is 0 Å². The van der Waals surface area contributed by atoms with E-state index in [1.165, 1.54) is 6.33 Å². The Labute approximate surface area is 218 Å². The molecule has 0 atom stereocenters. The van der Waals surface area contributed by atoms with Crippen LogP contribution in [0.1, 0.15) is 41.0 Å². The molecule has 37 heavy (non-hydrogen) atoms. The van der Waals surface area contributed by atoms with Crippen molar-refractivity contribution < 1.29 is 9.53 Å². The third kappa shape index (κ3) is 5.75. The molecule has 0 aliphatic rings. The van der Waals surface area contributed by atoms with Gasteiger partial charge in [0, 0.05) is 36.8 Å². The van der Waals surface area contributed by atoms with Crippen LogP contribution in [0, 0.1) is 0 Å². The lowest BCUT2D eigenvalue weighted by Crippen LogP contribution is -2.48. The number of rotatable bonds is 10. The molecule has 0 aliphatic heterocycles. The number of ether oxygens (including phenoxy) is 1. The molecular formula is C29H36N6O2. The summed E-state index contributed by atoms with van der Waals surface area (Å²) in [5.41, 5.74) is 8.75. The fraction of sp³-hybridized carbons (Fsp3) is 0.345. The summed E-state index contributed by atoms with van der Waals surface area (Å²) >= 11 is 0. The zero-order valence-electron chi connectivity index (χ0n) is 22.3. The Morgan fingerprint density at radius 3 is 2.22 bits per heavy atom. The molecule has 0 spiro atoms. The van der Waals surface area contributed by atoms with Crippen molar-refractivity contribution in [3.05, 3.63) is 67.1 Å². The highest BCUT2D eigenvalue weighted by Gasteiger charge is 2.23. The fourth-order valence-electron chi connectivity index (χ4n) is 4.66. The summed E-state index contributed by atoms with van der Waals surface area (Å²) in [6, 6.07) is 18.2. The van der Waals surface area contributed by atoms with Crippen LogP contribution in [0.15, 0.2) is 67.1 Å². The Morgan fingerprint density at radius 2 is 1.59 bits per heavy atom. The van der Waals surface area contributed by atoms with Gasteiger partial charge in [-0.3, -0.25) is 9.69 Å². The number of carbonyl (C=O) groups is 1. The fourth-order valence-corrected chi connectivity index (χ4v) is 4.66. The number of anilines is 1. The molecule has 2 N–H and O–H groups in total. The molecule has 8 nitrogen and oxygen atoms in total. The topological polar surface area (TPSA) is 89.5 Å². The summed E-state index contributed by atoms with van der Waals surface area (Å²) in [6.07, 6.45) is 3.76. The second-order valence-electron chi connectivity index (χ2n) is 9.58. The number of nitrogens with zero attached hydrogens (tertiary/aromatic N) is 5. The van der Waals surface area contributed by atoms with Crippen LogP contribution in [0.2, 0.25) is 0 Å². The van der Waals surface area contributed by atoms with Crippen LogP contribution in [0.5, 0.6) is 11.5 Å². The molecule has 2 aromatic carbocycles. The lowest BCUT2D eigenvalue weighted by atomic mass is 10.1. The maximum absolute atomic E-state index is 13.2. The normalized spacial score (nSPS) is 11.6. The average molecular weight is 501 g/mol. The summed E-state index contributed by atoms with van der Waals surface area (Å²) in [5, 5.41) is 2.49. The second-order valence-corrected chi connectivity index (χ2v) is 9.58. The zero-order chi connectivity index (χ0) is 26.5. The van der Waals surface area contributed by atoms with Gasteiger partial charge in [-0.2, -0.15) is 0 Å². The van der Waals surface area contributed by atoms with Gasteiger partial charge in [0.25, 0.3) is 0 Å². The Balaban J connectivity index is 1.71. The molecule has 0 aliphatic carbocycles. The molecular weight excluding hydrogens is 464 g/mol. The largest absolute Gasteiger partial charge is 0.457 e. The van der Waals surface area contributed by atoms with Crippen LogP contribution < -0.4 is 15.5 Å². The smallest absolute Gasteiger partial charge is 0.241 e. The zero-order valence-corrected chi connectivity index (χ0v) is 22.3. The molecule has 4 aromatic rings. The summed E-state index contributed by atoms with van der Waals surface area (Å²) in [4.78, 5) is 24.3. The van der Waals surface area contributed by atoms with Crippen molar-refractivity contribution in [1.82, 2.24) is 19.5 Å². The number of aromatic nitrogens is 3. The Bertz CT molecular complexity index is 1320. The van der Waals surface area contributed by atoms with E-state index in [-0.39, 0.29) is 5.91 Å². The number of nitrogens with two attached hydrogens (primary N) is 1. The summed E-state index contributed by atoms with van der Waals surface area (Å²) < 4.78 is 7.79. The van der Waals surface area contributed by atoms with Crippen LogP contribution in [-0.4, -0.2) is 50.6 Å². The molecule has 2 heterocycles. The SMILES string of the molecule is CCC(=O)N(CCN(C(C)C)C(C)C)n1cc(-c2ccc(Oc3ccccc3)cc2)c2c(N)ncnc21. The van der Waals surface area contributed by atoms with Gasteiger partial charge < -0.3 is 10.5 Å². The Kier molecular flexibility index (Phi) is 8.08. The van der Waals surface area contributed by atoms with E-state index < -0.39 is 0 Å². The second kappa shape index (κ2) is 11.4. The maximum Gasteiger partial charge on any atom is 0.241 e. The quantitative estimate of drug-likeness (QED) is 0.311. The molecule has 4 rings (SSSR count). The monoisotopic (exact) mass is 500 g/mol. The van der Waals surface area contributed by atoms with Gasteiger partial charge in [0.2, 0.25) is 5.91 Å². The molecule has 0 fully saturated rings. The highest BCUT2D eigenvalue weighted by atomic mass is 16.5. The van der Waals surface area contributed by atoms with Gasteiger partial charge in [-0.05, 0) is 57.5 Å². The molecule has 0 saturated heterocycles. The molecule has 1 amide bonds. The van der Waals surface area contributed by atoms with Crippen molar-refractivity contribution in [3.63, 3.8) is 0 Å². The van der Waals surface area contributed by atoms with Crippen LogP contribution >= 0.6 is 0 Å². The van der Waals surface area contributed by atoms with Gasteiger partial charge in [0.1, 0.15) is 23.6 Å². The maximum atomic E-state index is 13.2. The number of carbonyl (C=O) groups excluding carboxylic acids is 1. The van der Waals surface area contributed by atoms with E-state index >= 15 is 0 Å². The van der Waals surface area contributed by atoms with Crippen molar-refractivity contribution in [2.45, 2.75) is 53.1 Å². The number of fused-ring (bicyclic) bond motifs is 1. The Hall–Kier alpha value is -3.91. The van der Waals surface area contributed by atoms with Gasteiger partial charge in [0.05, 0.1) is 11.9 Å². The van der Waals surface area contributed by atoms with Crippen LogP contribution in [0.25, 0.3) is 22.2 Å². The van der Waals surface area contributed by atoms with Gasteiger partial charge in [-0.1, -0.05) is 37.3 Å². The van der Waals surface area contributed by atoms with E-state index in [2.05, 4.69) is 42.6 Å². The van der Waals surface area contributed by atoms with Crippen molar-refractivity contribution >= 4 is 22.8 Å². The number of hydrogen-bond donors (Lipinski definition) is 1. The highest BCUT2D eigenvalue weighted by Crippen LogP contribution is 2.34. The first-order valence-corrected chi connectivity index (χ1v) is 12.8. The summed E-state index contributed by atoms with van der Waals surface area (Å²) in [5.74, 6) is 1.89. The van der Waals surface area contributed by atoms with Crippen LogP contribution in [0.3, 0.4) is 0 Å². The minimum atomic E-state index is 0.0136. The van der Waals surface area contributed by atoms with E-state index in [1.807, 2.05) is 72.4 Å². The van der Waals surface area contributed by atoms with Crippen molar-refractivity contribution in [2.75, 3.05) is 23.8 Å². The molecule has 194 valence electrons. The predicted octanol–water partition coefficient (Wildman–Crippen LogP) is 5.47. The minimum Gasteiger partial charge on any atom is -0.457 e. The number of nitrogen functional groups attached to an aromatic ring is 1.